The van der Waals surface area contributed by atoms with E-state index in [1.807, 2.05) is 13.8 Å². The van der Waals surface area contributed by atoms with E-state index in [0.717, 1.165) is 0 Å². The number of anilines is 1. The Morgan fingerprint density at radius 2 is 2.15 bits per heavy atom. The van der Waals surface area contributed by atoms with Gasteiger partial charge in [-0.2, -0.15) is 4.98 Å². The highest BCUT2D eigenvalue weighted by molar-refractivity contribution is 6.06. The summed E-state index contributed by atoms with van der Waals surface area (Å²) in [5, 5.41) is 10.0. The number of nitrogens with zero attached hydrogens (tertiary/aromatic N) is 6. The number of hydrogen-bond acceptors (Lipinski definition) is 6. The van der Waals surface area contributed by atoms with Crippen molar-refractivity contribution in [2.45, 2.75) is 40.2 Å². The van der Waals surface area contributed by atoms with Crippen LogP contribution in [0.4, 0.5) is 11.9 Å². The fourth-order valence-corrected chi connectivity index (χ4v) is 2.16. The molecule has 1 amide bonds. The Hall–Kier alpha value is -3.39. The normalized spacial score (nSPS) is 10.3. The molecule has 0 bridgehead atoms. The zero-order valence-corrected chi connectivity index (χ0v) is 14.9. The van der Waals surface area contributed by atoms with Crippen molar-refractivity contribution in [1.82, 2.24) is 14.8 Å². The van der Waals surface area contributed by atoms with Gasteiger partial charge in [0.2, 0.25) is 11.9 Å². The van der Waals surface area contributed by atoms with Crippen molar-refractivity contribution in [3.05, 3.63) is 39.8 Å². The SMILES string of the molecule is CCC(=O)Oc1c(C)cccc1C(=O)Nc1nc(N=[N+]=[N-])nn1C(C)C. The second-order valence-corrected chi connectivity index (χ2v) is 5.70. The lowest BCUT2D eigenvalue weighted by molar-refractivity contribution is -0.134. The van der Waals surface area contributed by atoms with Crippen molar-refractivity contribution in [3.8, 4) is 5.75 Å². The molecule has 0 aliphatic heterocycles. The van der Waals surface area contributed by atoms with Crippen LogP contribution in [0.25, 0.3) is 10.4 Å². The molecule has 0 saturated carbocycles. The second kappa shape index (κ2) is 8.13. The Bertz CT molecular complexity index is 882. The molecule has 0 saturated heterocycles. The molecule has 0 spiro atoms. The number of hydrogen-bond donors (Lipinski definition) is 1. The van der Waals surface area contributed by atoms with Gasteiger partial charge in [-0.05, 0) is 43.0 Å². The molecular weight excluding hydrogens is 338 g/mol. The highest BCUT2D eigenvalue weighted by Crippen LogP contribution is 2.25. The lowest BCUT2D eigenvalue weighted by Gasteiger charge is -2.13. The number of esters is 1. The maximum atomic E-state index is 12.7. The van der Waals surface area contributed by atoms with E-state index in [4.69, 9.17) is 10.3 Å². The summed E-state index contributed by atoms with van der Waals surface area (Å²) in [6, 6.07) is 4.85. The van der Waals surface area contributed by atoms with Gasteiger partial charge in [-0.15, -0.1) is 5.10 Å². The average molecular weight is 357 g/mol. The first-order chi connectivity index (χ1) is 12.4. The maximum Gasteiger partial charge on any atom is 0.310 e. The number of amides is 1. The first-order valence-electron chi connectivity index (χ1n) is 8.00. The molecule has 1 aromatic heterocycles. The van der Waals surface area contributed by atoms with Gasteiger partial charge >= 0.3 is 5.97 Å². The van der Waals surface area contributed by atoms with Crippen LogP contribution in [-0.2, 0) is 4.79 Å². The Kier molecular flexibility index (Phi) is 5.92. The number of aryl methyl sites for hydroxylation is 1. The van der Waals surface area contributed by atoms with Gasteiger partial charge < -0.3 is 4.74 Å². The van der Waals surface area contributed by atoms with E-state index in [9.17, 15) is 9.59 Å². The lowest BCUT2D eigenvalue weighted by atomic mass is 10.1. The summed E-state index contributed by atoms with van der Waals surface area (Å²) in [6.07, 6.45) is 0.187. The molecule has 2 rings (SSSR count). The van der Waals surface area contributed by atoms with E-state index in [1.54, 1.807) is 32.0 Å². The van der Waals surface area contributed by atoms with Gasteiger partial charge in [-0.1, -0.05) is 19.1 Å². The average Bonchev–Trinajstić information content (AvgIpc) is 2.99. The molecule has 1 N–H and O–H groups in total. The standard InChI is InChI=1S/C16H19N7O3/c1-5-12(24)26-13-10(4)7-6-8-11(13)14(25)18-16-19-15(20-22-17)21-23(16)9(2)3/h6-9H,5H2,1-4H3,(H,18,19,21,25). The predicted molar refractivity (Wildman–Crippen MR) is 94.3 cm³/mol. The number of nitrogens with one attached hydrogen (secondary N) is 1. The van der Waals surface area contributed by atoms with Crippen LogP contribution in [0, 0.1) is 6.92 Å². The van der Waals surface area contributed by atoms with E-state index in [-0.39, 0.29) is 35.7 Å². The molecule has 136 valence electrons. The number of carbonyl (C=O) groups is 2. The molecule has 0 fully saturated rings. The predicted octanol–water partition coefficient (Wildman–Crippen LogP) is 3.68. The van der Waals surface area contributed by atoms with Gasteiger partial charge in [-0.3, -0.25) is 14.9 Å². The summed E-state index contributed by atoms with van der Waals surface area (Å²) >= 11 is 0. The number of azide groups is 1. The molecule has 26 heavy (non-hydrogen) atoms. The fraction of sp³-hybridized carbons (Fsp3) is 0.375. The lowest BCUT2D eigenvalue weighted by Crippen LogP contribution is -2.19. The molecule has 0 atom stereocenters. The minimum atomic E-state index is -0.519. The smallest absolute Gasteiger partial charge is 0.310 e. The van der Waals surface area contributed by atoms with Crippen molar-refractivity contribution in [3.63, 3.8) is 0 Å². The van der Waals surface area contributed by atoms with Gasteiger partial charge in [-0.25, -0.2) is 4.68 Å². The Balaban J connectivity index is 2.38. The van der Waals surface area contributed by atoms with Crippen LogP contribution in [0.5, 0.6) is 5.75 Å². The van der Waals surface area contributed by atoms with E-state index < -0.39 is 11.9 Å². The number of rotatable bonds is 6. The summed E-state index contributed by atoms with van der Waals surface area (Å²) in [5.41, 5.74) is 9.37. The monoisotopic (exact) mass is 357 g/mol. The maximum absolute atomic E-state index is 12.7. The van der Waals surface area contributed by atoms with Crippen LogP contribution < -0.4 is 10.1 Å². The first-order valence-corrected chi connectivity index (χ1v) is 8.00. The third-order valence-electron chi connectivity index (χ3n) is 3.43. The molecule has 1 heterocycles. The van der Waals surface area contributed by atoms with Crippen LogP contribution >= 0.6 is 0 Å². The van der Waals surface area contributed by atoms with E-state index in [0.29, 0.717) is 5.56 Å². The molecule has 2 aromatic rings. The molecular formula is C16H19N7O3. The molecule has 10 heteroatoms. The Morgan fingerprint density at radius 1 is 1.42 bits per heavy atom. The van der Waals surface area contributed by atoms with Crippen LogP contribution in [-0.4, -0.2) is 26.6 Å². The van der Waals surface area contributed by atoms with Crippen LogP contribution in [0.1, 0.15) is 49.2 Å². The van der Waals surface area contributed by atoms with Gasteiger partial charge in [0.15, 0.2) is 0 Å². The molecule has 0 radical (unpaired) electrons. The largest absolute Gasteiger partial charge is 0.425 e. The molecule has 10 nitrogen and oxygen atoms in total. The van der Waals surface area contributed by atoms with Gasteiger partial charge in [0.1, 0.15) is 5.75 Å². The highest BCUT2D eigenvalue weighted by Gasteiger charge is 2.20. The Morgan fingerprint density at radius 3 is 2.77 bits per heavy atom. The summed E-state index contributed by atoms with van der Waals surface area (Å²) in [5.74, 6) is -0.735. The molecule has 0 aliphatic carbocycles. The third kappa shape index (κ3) is 4.17. The topological polar surface area (TPSA) is 135 Å². The van der Waals surface area contributed by atoms with Crippen LogP contribution in [0.15, 0.2) is 23.3 Å². The van der Waals surface area contributed by atoms with E-state index in [1.165, 1.54) is 4.68 Å². The van der Waals surface area contributed by atoms with Crippen molar-refractivity contribution in [2.24, 2.45) is 5.11 Å². The van der Waals surface area contributed by atoms with Gasteiger partial charge in [0, 0.05) is 11.3 Å². The second-order valence-electron chi connectivity index (χ2n) is 5.70. The summed E-state index contributed by atoms with van der Waals surface area (Å²) in [4.78, 5) is 31.0. The quantitative estimate of drug-likeness (QED) is 0.276. The van der Waals surface area contributed by atoms with Gasteiger partial charge in [0.05, 0.1) is 11.6 Å². The zero-order chi connectivity index (χ0) is 19.3. The number of benzene rings is 1. The molecule has 1 aromatic carbocycles. The van der Waals surface area contributed by atoms with Crippen molar-refractivity contribution in [2.75, 3.05) is 5.32 Å². The van der Waals surface area contributed by atoms with Crippen LogP contribution in [0.2, 0.25) is 0 Å². The number of ether oxygens (including phenoxy) is 1. The van der Waals surface area contributed by atoms with Crippen molar-refractivity contribution in [1.29, 1.82) is 0 Å². The summed E-state index contributed by atoms with van der Waals surface area (Å²) in [7, 11) is 0. The van der Waals surface area contributed by atoms with Crippen molar-refractivity contribution < 1.29 is 14.3 Å². The van der Waals surface area contributed by atoms with E-state index >= 15 is 0 Å². The van der Waals surface area contributed by atoms with Gasteiger partial charge in [0.25, 0.3) is 5.91 Å². The minimum absolute atomic E-state index is 0.0987. The number of para-hydroxylation sites is 1. The minimum Gasteiger partial charge on any atom is -0.425 e. The molecule has 0 unspecified atom stereocenters. The summed E-state index contributed by atoms with van der Waals surface area (Å²) < 4.78 is 6.72. The zero-order valence-electron chi connectivity index (χ0n) is 14.9. The molecule has 0 aliphatic rings. The van der Waals surface area contributed by atoms with Crippen LogP contribution in [0.3, 0.4) is 0 Å². The van der Waals surface area contributed by atoms with E-state index in [2.05, 4.69) is 25.4 Å². The Labute approximate surface area is 149 Å². The summed E-state index contributed by atoms with van der Waals surface area (Å²) in [6.45, 7) is 7.09. The fourth-order valence-electron chi connectivity index (χ4n) is 2.16. The highest BCUT2D eigenvalue weighted by atomic mass is 16.5. The number of carbonyl (C=O) groups excluding carboxylic acids is 2. The first kappa shape index (κ1) is 18.9. The third-order valence-corrected chi connectivity index (χ3v) is 3.43. The van der Waals surface area contributed by atoms with Crippen molar-refractivity contribution >= 4 is 23.8 Å². The number of aromatic nitrogens is 3.